The highest BCUT2D eigenvalue weighted by Crippen LogP contribution is 2.41. The first-order valence-corrected chi connectivity index (χ1v) is 10.9. The SMILES string of the molecule is CCNC(=O)c1ccc(N2CCC3(CC2)CC(O)CN(C(=O)c2cccnc2)C3)nc1. The van der Waals surface area contributed by atoms with E-state index in [1.807, 2.05) is 13.0 Å². The maximum Gasteiger partial charge on any atom is 0.255 e. The third-order valence-electron chi connectivity index (χ3n) is 6.32. The Bertz CT molecular complexity index is 911. The van der Waals surface area contributed by atoms with Crippen LogP contribution in [0, 0.1) is 5.41 Å². The molecule has 164 valence electrons. The van der Waals surface area contributed by atoms with Gasteiger partial charge in [-0.2, -0.15) is 0 Å². The van der Waals surface area contributed by atoms with Crippen LogP contribution in [0.5, 0.6) is 0 Å². The van der Waals surface area contributed by atoms with Crippen molar-refractivity contribution < 1.29 is 14.7 Å². The third kappa shape index (κ3) is 4.69. The van der Waals surface area contributed by atoms with Crippen molar-refractivity contribution in [3.63, 3.8) is 0 Å². The summed E-state index contributed by atoms with van der Waals surface area (Å²) in [5.41, 5.74) is 1.02. The lowest BCUT2D eigenvalue weighted by molar-refractivity contribution is -0.0150. The van der Waals surface area contributed by atoms with Gasteiger partial charge < -0.3 is 20.2 Å². The second-order valence-electron chi connectivity index (χ2n) is 8.54. The monoisotopic (exact) mass is 423 g/mol. The maximum absolute atomic E-state index is 12.9. The minimum atomic E-state index is -0.518. The second kappa shape index (κ2) is 9.01. The first-order valence-electron chi connectivity index (χ1n) is 10.9. The topological polar surface area (TPSA) is 98.7 Å². The van der Waals surface area contributed by atoms with Gasteiger partial charge in [0.2, 0.25) is 0 Å². The van der Waals surface area contributed by atoms with Crippen molar-refractivity contribution in [2.45, 2.75) is 32.3 Å². The molecule has 0 aliphatic carbocycles. The summed E-state index contributed by atoms with van der Waals surface area (Å²) >= 11 is 0. The van der Waals surface area contributed by atoms with E-state index in [4.69, 9.17) is 0 Å². The summed E-state index contributed by atoms with van der Waals surface area (Å²) in [5, 5.41) is 13.3. The molecule has 31 heavy (non-hydrogen) atoms. The van der Waals surface area contributed by atoms with E-state index in [1.54, 1.807) is 41.7 Å². The van der Waals surface area contributed by atoms with E-state index in [0.717, 1.165) is 31.7 Å². The quantitative estimate of drug-likeness (QED) is 0.777. The molecule has 4 heterocycles. The molecule has 2 N–H and O–H groups in total. The van der Waals surface area contributed by atoms with Crippen LogP contribution < -0.4 is 10.2 Å². The summed E-state index contributed by atoms with van der Waals surface area (Å²) in [6.45, 7) is 5.08. The van der Waals surface area contributed by atoms with Crippen molar-refractivity contribution in [1.82, 2.24) is 20.2 Å². The molecule has 2 aromatic rings. The number of hydrogen-bond donors (Lipinski definition) is 2. The number of nitrogens with one attached hydrogen (secondary N) is 1. The van der Waals surface area contributed by atoms with E-state index in [2.05, 4.69) is 20.2 Å². The first kappa shape index (κ1) is 21.2. The Labute approximate surface area is 182 Å². The van der Waals surface area contributed by atoms with Crippen LogP contribution >= 0.6 is 0 Å². The van der Waals surface area contributed by atoms with Gasteiger partial charge in [0.25, 0.3) is 11.8 Å². The van der Waals surface area contributed by atoms with Gasteiger partial charge in [-0.15, -0.1) is 0 Å². The molecule has 1 unspecified atom stereocenters. The Morgan fingerprint density at radius 3 is 2.65 bits per heavy atom. The van der Waals surface area contributed by atoms with E-state index in [-0.39, 0.29) is 17.2 Å². The summed E-state index contributed by atoms with van der Waals surface area (Å²) in [6.07, 6.45) is 6.78. The number of β-amino-alcohol motifs (C(OH)–C–C–N with tert-alkyl or cyclic N) is 1. The summed E-state index contributed by atoms with van der Waals surface area (Å²) < 4.78 is 0. The van der Waals surface area contributed by atoms with E-state index >= 15 is 0 Å². The number of pyridine rings is 2. The summed E-state index contributed by atoms with van der Waals surface area (Å²) in [7, 11) is 0. The number of aromatic nitrogens is 2. The standard InChI is InChI=1S/C23H29N5O3/c1-2-25-21(30)17-5-6-20(26-14-17)27-10-7-23(8-11-27)12-19(29)15-28(16-23)22(31)18-4-3-9-24-13-18/h3-6,9,13-14,19,29H,2,7-8,10-12,15-16H2,1H3,(H,25,30). The second-order valence-corrected chi connectivity index (χ2v) is 8.54. The molecule has 2 aliphatic heterocycles. The third-order valence-corrected chi connectivity index (χ3v) is 6.32. The number of rotatable bonds is 4. The number of nitrogens with zero attached hydrogens (tertiary/aromatic N) is 4. The van der Waals surface area contributed by atoms with Gasteiger partial charge in [0.1, 0.15) is 5.82 Å². The number of amides is 2. The summed E-state index contributed by atoms with van der Waals surface area (Å²) in [5.74, 6) is 0.660. The van der Waals surface area contributed by atoms with Crippen LogP contribution in [-0.4, -0.2) is 70.6 Å². The van der Waals surface area contributed by atoms with Gasteiger partial charge >= 0.3 is 0 Å². The Kier molecular flexibility index (Phi) is 6.18. The Morgan fingerprint density at radius 2 is 2.00 bits per heavy atom. The van der Waals surface area contributed by atoms with Crippen LogP contribution in [0.3, 0.4) is 0 Å². The fourth-order valence-corrected chi connectivity index (χ4v) is 4.72. The van der Waals surface area contributed by atoms with Gasteiger partial charge in [-0.3, -0.25) is 14.6 Å². The number of aliphatic hydroxyl groups is 1. The van der Waals surface area contributed by atoms with Crippen molar-refractivity contribution in [2.75, 3.05) is 37.6 Å². The van der Waals surface area contributed by atoms with Gasteiger partial charge in [-0.25, -0.2) is 4.98 Å². The molecule has 4 rings (SSSR count). The average Bonchev–Trinajstić information content (AvgIpc) is 2.79. The van der Waals surface area contributed by atoms with E-state index < -0.39 is 6.10 Å². The van der Waals surface area contributed by atoms with Crippen LogP contribution in [-0.2, 0) is 0 Å². The lowest BCUT2D eigenvalue weighted by Crippen LogP contribution is -2.55. The fourth-order valence-electron chi connectivity index (χ4n) is 4.72. The Balaban J connectivity index is 1.40. The average molecular weight is 424 g/mol. The maximum atomic E-state index is 12.9. The molecule has 1 atom stereocenters. The molecular weight excluding hydrogens is 394 g/mol. The predicted molar refractivity (Wildman–Crippen MR) is 117 cm³/mol. The molecule has 2 aliphatic rings. The van der Waals surface area contributed by atoms with Gasteiger partial charge in [-0.05, 0) is 55.9 Å². The fraction of sp³-hybridized carbons (Fsp3) is 0.478. The highest BCUT2D eigenvalue weighted by Gasteiger charge is 2.43. The van der Waals surface area contributed by atoms with Crippen molar-refractivity contribution in [1.29, 1.82) is 0 Å². The molecular formula is C23H29N5O3. The van der Waals surface area contributed by atoms with Crippen LogP contribution in [0.25, 0.3) is 0 Å². The van der Waals surface area contributed by atoms with Gasteiger partial charge in [0, 0.05) is 51.3 Å². The molecule has 0 bridgehead atoms. The van der Waals surface area contributed by atoms with Crippen molar-refractivity contribution in [3.8, 4) is 0 Å². The molecule has 1 spiro atoms. The minimum absolute atomic E-state index is 0.0729. The van der Waals surface area contributed by atoms with Crippen LogP contribution in [0.1, 0.15) is 46.9 Å². The largest absolute Gasteiger partial charge is 0.391 e. The van der Waals surface area contributed by atoms with Gasteiger partial charge in [0.05, 0.1) is 17.2 Å². The number of likely N-dealkylation sites (tertiary alicyclic amines) is 1. The molecule has 2 saturated heterocycles. The summed E-state index contributed by atoms with van der Waals surface area (Å²) in [4.78, 5) is 37.4. The van der Waals surface area contributed by atoms with Gasteiger partial charge in [-0.1, -0.05) is 0 Å². The van der Waals surface area contributed by atoms with Crippen molar-refractivity contribution >= 4 is 17.6 Å². The van der Waals surface area contributed by atoms with Crippen LogP contribution in [0.2, 0.25) is 0 Å². The molecule has 0 aromatic carbocycles. The number of carbonyl (C=O) groups is 2. The van der Waals surface area contributed by atoms with Crippen molar-refractivity contribution in [2.24, 2.45) is 5.41 Å². The Hall–Kier alpha value is -3.00. The van der Waals surface area contributed by atoms with Crippen LogP contribution in [0.15, 0.2) is 42.9 Å². The number of piperidine rings is 2. The minimum Gasteiger partial charge on any atom is -0.391 e. The zero-order chi connectivity index (χ0) is 21.8. The molecule has 0 saturated carbocycles. The van der Waals surface area contributed by atoms with E-state index in [1.165, 1.54) is 0 Å². The molecule has 8 heteroatoms. The van der Waals surface area contributed by atoms with E-state index in [9.17, 15) is 14.7 Å². The number of aliphatic hydroxyl groups excluding tert-OH is 1. The number of hydrogen-bond acceptors (Lipinski definition) is 6. The molecule has 8 nitrogen and oxygen atoms in total. The molecule has 2 aromatic heterocycles. The molecule has 2 fully saturated rings. The van der Waals surface area contributed by atoms with Crippen molar-refractivity contribution in [3.05, 3.63) is 54.0 Å². The summed E-state index contributed by atoms with van der Waals surface area (Å²) in [6, 6.07) is 7.21. The first-order chi connectivity index (χ1) is 15.0. The smallest absolute Gasteiger partial charge is 0.255 e. The normalized spacial score (nSPS) is 20.5. The van der Waals surface area contributed by atoms with E-state index in [0.29, 0.717) is 37.2 Å². The number of carbonyl (C=O) groups excluding carboxylic acids is 2. The highest BCUT2D eigenvalue weighted by atomic mass is 16.3. The van der Waals surface area contributed by atoms with Gasteiger partial charge in [0.15, 0.2) is 0 Å². The predicted octanol–water partition coefficient (Wildman–Crippen LogP) is 1.72. The zero-order valence-corrected chi connectivity index (χ0v) is 17.8. The molecule has 0 radical (unpaired) electrons. The lowest BCUT2D eigenvalue weighted by atomic mass is 9.71. The number of anilines is 1. The highest BCUT2D eigenvalue weighted by molar-refractivity contribution is 5.94. The zero-order valence-electron chi connectivity index (χ0n) is 17.8. The Morgan fingerprint density at radius 1 is 1.19 bits per heavy atom. The lowest BCUT2D eigenvalue weighted by Gasteiger charge is -2.49. The molecule has 2 amide bonds. The van der Waals surface area contributed by atoms with Crippen LogP contribution in [0.4, 0.5) is 5.82 Å².